The van der Waals surface area contributed by atoms with Crippen molar-refractivity contribution in [1.29, 1.82) is 0 Å². The SMILES string of the molecule is C[C@]12C=CC(=O)N[C@@H]1CC[C@@H]1[C@@H]2CC[C@]2(C)[C@@H](CC(=O)Nc3[nH]cnc3NC=O)CC[C@@H]12. The zero-order valence-corrected chi connectivity index (χ0v) is 18.8. The lowest BCUT2D eigenvalue weighted by molar-refractivity contribution is -0.123. The van der Waals surface area contributed by atoms with Gasteiger partial charge in [0.2, 0.25) is 18.2 Å². The molecule has 0 spiro atoms. The Labute approximate surface area is 188 Å². The molecule has 1 aliphatic heterocycles. The minimum Gasteiger partial charge on any atom is -0.349 e. The minimum atomic E-state index is -0.0363. The zero-order valence-electron chi connectivity index (χ0n) is 18.8. The largest absolute Gasteiger partial charge is 0.349 e. The minimum absolute atomic E-state index is 0.0363. The van der Waals surface area contributed by atoms with Gasteiger partial charge in [-0.25, -0.2) is 4.98 Å². The first kappa shape index (κ1) is 21.2. The molecule has 0 aromatic carbocycles. The highest BCUT2D eigenvalue weighted by Crippen LogP contribution is 2.65. The molecular weight excluding hydrogens is 406 g/mol. The van der Waals surface area contributed by atoms with Crippen molar-refractivity contribution in [2.24, 2.45) is 34.5 Å². The van der Waals surface area contributed by atoms with Crippen LogP contribution in [0.1, 0.15) is 58.8 Å². The molecule has 4 N–H and O–H groups in total. The molecule has 0 unspecified atom stereocenters. The first-order valence-corrected chi connectivity index (χ1v) is 11.9. The van der Waals surface area contributed by atoms with E-state index in [0.29, 0.717) is 48.1 Å². The van der Waals surface area contributed by atoms with Crippen molar-refractivity contribution in [2.45, 2.75) is 64.8 Å². The molecule has 3 fully saturated rings. The summed E-state index contributed by atoms with van der Waals surface area (Å²) in [6, 6.07) is 0.247. The van der Waals surface area contributed by atoms with Gasteiger partial charge in [0.15, 0.2) is 11.6 Å². The monoisotopic (exact) mass is 439 g/mol. The summed E-state index contributed by atoms with van der Waals surface area (Å²) < 4.78 is 0. The summed E-state index contributed by atoms with van der Waals surface area (Å²) in [6.45, 7) is 4.74. The fourth-order valence-electron chi connectivity index (χ4n) is 7.75. The number of rotatable bonds is 5. The third-order valence-electron chi connectivity index (χ3n) is 9.41. The molecule has 8 heteroatoms. The molecule has 5 rings (SSSR count). The maximum atomic E-state index is 12.9. The molecule has 4 aliphatic rings. The lowest BCUT2D eigenvalue weighted by atomic mass is 9.48. The molecule has 1 aromatic heterocycles. The van der Waals surface area contributed by atoms with E-state index in [4.69, 9.17) is 0 Å². The van der Waals surface area contributed by atoms with E-state index < -0.39 is 0 Å². The number of hydrogen-bond donors (Lipinski definition) is 4. The standard InChI is InChI=1S/C24H33N5O3/c1-23-9-7-17-15(4-6-18-24(17,2)10-8-19(31)28-18)16(23)5-3-14(23)11-20(32)29-22-21(27-13-30)25-12-26-22/h8,10,12-18H,3-7,9,11H2,1-2H3,(H,25,26)(H,27,30)(H,28,31)(H,29,32)/t14-,15+,16+,17+,18-,23-,24-/m1/s1. The molecule has 3 amide bonds. The van der Waals surface area contributed by atoms with Crippen molar-refractivity contribution in [1.82, 2.24) is 15.3 Å². The van der Waals surface area contributed by atoms with Crippen molar-refractivity contribution < 1.29 is 14.4 Å². The molecule has 1 aromatic rings. The molecule has 32 heavy (non-hydrogen) atoms. The molecule has 7 atom stereocenters. The van der Waals surface area contributed by atoms with Crippen LogP contribution in [0, 0.1) is 34.5 Å². The highest BCUT2D eigenvalue weighted by molar-refractivity contribution is 5.93. The lowest BCUT2D eigenvalue weighted by Gasteiger charge is -2.59. The third kappa shape index (κ3) is 3.26. The van der Waals surface area contributed by atoms with Crippen LogP contribution in [0.3, 0.4) is 0 Å². The van der Waals surface area contributed by atoms with E-state index >= 15 is 0 Å². The van der Waals surface area contributed by atoms with Crippen LogP contribution in [0.15, 0.2) is 18.5 Å². The normalized spacial score (nSPS) is 39.9. The van der Waals surface area contributed by atoms with Crippen LogP contribution in [0.5, 0.6) is 0 Å². The molecule has 0 radical (unpaired) electrons. The summed E-state index contributed by atoms with van der Waals surface area (Å²) in [6.07, 6.45) is 13.1. The van der Waals surface area contributed by atoms with Gasteiger partial charge in [-0.2, -0.15) is 0 Å². The highest BCUT2D eigenvalue weighted by atomic mass is 16.2. The Kier molecular flexibility index (Phi) is 5.13. The van der Waals surface area contributed by atoms with Gasteiger partial charge in [-0.1, -0.05) is 19.9 Å². The summed E-state index contributed by atoms with van der Waals surface area (Å²) >= 11 is 0. The Hall–Kier alpha value is -2.64. The predicted octanol–water partition coefficient (Wildman–Crippen LogP) is 3.22. The fraction of sp³-hybridized carbons (Fsp3) is 0.667. The Morgan fingerprint density at radius 1 is 1.22 bits per heavy atom. The number of imidazole rings is 1. The highest BCUT2D eigenvalue weighted by Gasteiger charge is 2.59. The van der Waals surface area contributed by atoms with Gasteiger partial charge in [-0.05, 0) is 73.7 Å². The van der Waals surface area contributed by atoms with Gasteiger partial charge in [0.05, 0.1) is 6.33 Å². The lowest BCUT2D eigenvalue weighted by Crippen LogP contribution is -2.59. The second-order valence-corrected chi connectivity index (χ2v) is 10.7. The van der Waals surface area contributed by atoms with Crippen molar-refractivity contribution >= 4 is 29.9 Å². The number of amides is 3. The maximum absolute atomic E-state index is 12.9. The van der Waals surface area contributed by atoms with Crippen LogP contribution in [0.25, 0.3) is 0 Å². The van der Waals surface area contributed by atoms with Crippen molar-refractivity contribution in [3.05, 3.63) is 18.5 Å². The number of nitrogens with zero attached hydrogens (tertiary/aromatic N) is 1. The summed E-state index contributed by atoms with van der Waals surface area (Å²) in [4.78, 5) is 42.4. The molecule has 0 bridgehead atoms. The Morgan fingerprint density at radius 3 is 2.88 bits per heavy atom. The Balaban J connectivity index is 1.29. The molecule has 3 saturated carbocycles. The Bertz CT molecular complexity index is 957. The number of H-pyrrole nitrogens is 1. The van der Waals surface area contributed by atoms with Gasteiger partial charge in [-0.3, -0.25) is 14.4 Å². The van der Waals surface area contributed by atoms with Crippen LogP contribution in [-0.4, -0.2) is 34.2 Å². The van der Waals surface area contributed by atoms with Crippen LogP contribution in [-0.2, 0) is 14.4 Å². The van der Waals surface area contributed by atoms with Gasteiger partial charge < -0.3 is 20.9 Å². The van der Waals surface area contributed by atoms with E-state index in [1.807, 2.05) is 0 Å². The molecule has 8 nitrogen and oxygen atoms in total. The van der Waals surface area contributed by atoms with Crippen molar-refractivity contribution in [2.75, 3.05) is 10.6 Å². The Morgan fingerprint density at radius 2 is 2.06 bits per heavy atom. The first-order chi connectivity index (χ1) is 15.3. The third-order valence-corrected chi connectivity index (χ3v) is 9.41. The predicted molar refractivity (Wildman–Crippen MR) is 120 cm³/mol. The summed E-state index contributed by atoms with van der Waals surface area (Å²) in [5, 5.41) is 8.61. The topological polar surface area (TPSA) is 116 Å². The maximum Gasteiger partial charge on any atom is 0.243 e. The van der Waals surface area contributed by atoms with Crippen LogP contribution < -0.4 is 16.0 Å². The summed E-state index contributed by atoms with van der Waals surface area (Å²) in [5.74, 6) is 3.00. The summed E-state index contributed by atoms with van der Waals surface area (Å²) in [5.41, 5.74) is 0.206. The second-order valence-electron chi connectivity index (χ2n) is 10.7. The van der Waals surface area contributed by atoms with Crippen molar-refractivity contribution in [3.8, 4) is 0 Å². The van der Waals surface area contributed by atoms with Crippen LogP contribution in [0.2, 0.25) is 0 Å². The van der Waals surface area contributed by atoms with E-state index in [9.17, 15) is 14.4 Å². The molecule has 172 valence electrons. The number of hydrogen-bond acceptors (Lipinski definition) is 4. The molecule has 3 aliphatic carbocycles. The number of aromatic amines is 1. The molecule has 0 saturated heterocycles. The number of aromatic nitrogens is 2. The number of nitrogens with one attached hydrogen (secondary N) is 4. The second kappa shape index (κ2) is 7.74. The van der Waals surface area contributed by atoms with E-state index in [-0.39, 0.29) is 28.7 Å². The zero-order chi connectivity index (χ0) is 22.5. The van der Waals surface area contributed by atoms with Gasteiger partial charge in [0, 0.05) is 17.9 Å². The van der Waals surface area contributed by atoms with E-state index in [1.165, 1.54) is 12.7 Å². The number of anilines is 2. The number of carbonyl (C=O) groups is 3. The average molecular weight is 440 g/mol. The summed E-state index contributed by atoms with van der Waals surface area (Å²) in [7, 11) is 0. The van der Waals surface area contributed by atoms with E-state index in [1.54, 1.807) is 6.08 Å². The molecule has 2 heterocycles. The quantitative estimate of drug-likeness (QED) is 0.527. The first-order valence-electron chi connectivity index (χ1n) is 11.9. The van der Waals surface area contributed by atoms with E-state index in [0.717, 1.165) is 32.1 Å². The number of fused-ring (bicyclic) bond motifs is 5. The fourth-order valence-corrected chi connectivity index (χ4v) is 7.75. The van der Waals surface area contributed by atoms with Gasteiger partial charge in [0.1, 0.15) is 0 Å². The van der Waals surface area contributed by atoms with Crippen LogP contribution in [0.4, 0.5) is 11.6 Å². The van der Waals surface area contributed by atoms with Crippen LogP contribution >= 0.6 is 0 Å². The number of carbonyl (C=O) groups excluding carboxylic acids is 3. The molecular formula is C24H33N5O3. The van der Waals surface area contributed by atoms with Crippen molar-refractivity contribution in [3.63, 3.8) is 0 Å². The van der Waals surface area contributed by atoms with Gasteiger partial charge in [0.25, 0.3) is 0 Å². The average Bonchev–Trinajstić information content (AvgIpc) is 3.33. The van der Waals surface area contributed by atoms with E-state index in [2.05, 4.69) is 45.8 Å². The van der Waals surface area contributed by atoms with Gasteiger partial charge in [-0.15, -0.1) is 0 Å². The smallest absolute Gasteiger partial charge is 0.243 e. The van der Waals surface area contributed by atoms with Gasteiger partial charge >= 0.3 is 0 Å².